The van der Waals surface area contributed by atoms with Crippen LogP contribution in [0.2, 0.25) is 5.02 Å². The molecule has 0 N–H and O–H groups in total. The molecule has 0 fully saturated rings. The van der Waals surface area contributed by atoms with Crippen molar-refractivity contribution in [3.8, 4) is 6.07 Å². The minimum Gasteiger partial charge on any atom is -0.465 e. The lowest BCUT2D eigenvalue weighted by atomic mass is 10.3. The van der Waals surface area contributed by atoms with Crippen LogP contribution in [-0.4, -0.2) is 13.1 Å². The number of esters is 1. The fourth-order valence-corrected chi connectivity index (χ4v) is 2.22. The first-order chi connectivity index (χ1) is 6.11. The Kier molecular flexibility index (Phi) is 2.91. The topological polar surface area (TPSA) is 50.1 Å². The summed E-state index contributed by atoms with van der Waals surface area (Å²) in [4.78, 5) is 12.1. The van der Waals surface area contributed by atoms with E-state index >= 15 is 0 Å². The van der Waals surface area contributed by atoms with E-state index in [9.17, 15) is 4.79 Å². The minimum atomic E-state index is -0.500. The third kappa shape index (κ3) is 1.67. The smallest absolute Gasteiger partial charge is 0.349 e. The van der Waals surface area contributed by atoms with E-state index in [1.54, 1.807) is 6.92 Å². The summed E-state index contributed by atoms with van der Waals surface area (Å²) in [5, 5.41) is 8.88. The van der Waals surface area contributed by atoms with E-state index in [1.807, 2.05) is 6.07 Å². The molecule has 0 aliphatic carbocycles. The highest BCUT2D eigenvalue weighted by atomic mass is 35.5. The molecule has 68 valence electrons. The number of hydrogen-bond acceptors (Lipinski definition) is 4. The predicted molar refractivity (Wildman–Crippen MR) is 50.1 cm³/mol. The zero-order chi connectivity index (χ0) is 10.0. The number of hydrogen-bond donors (Lipinski definition) is 0. The Morgan fingerprint density at radius 3 is 2.69 bits per heavy atom. The van der Waals surface area contributed by atoms with Crippen molar-refractivity contribution in [1.82, 2.24) is 0 Å². The normalized spacial score (nSPS) is 9.38. The van der Waals surface area contributed by atoms with Crippen LogP contribution in [0.3, 0.4) is 0 Å². The number of carbonyl (C=O) groups excluding carboxylic acids is 1. The average Bonchev–Trinajstić information content (AvgIpc) is 2.40. The monoisotopic (exact) mass is 215 g/mol. The number of nitrogens with zero attached hydrogens (tertiary/aromatic N) is 1. The molecule has 0 aliphatic heterocycles. The Morgan fingerprint density at radius 2 is 2.31 bits per heavy atom. The van der Waals surface area contributed by atoms with Crippen LogP contribution in [0.5, 0.6) is 0 Å². The molecular weight excluding hydrogens is 210 g/mol. The van der Waals surface area contributed by atoms with Crippen LogP contribution >= 0.6 is 22.9 Å². The molecule has 1 rings (SSSR count). The Labute approximate surface area is 84.5 Å². The van der Waals surface area contributed by atoms with Crippen LogP contribution in [0.25, 0.3) is 0 Å². The summed E-state index contributed by atoms with van der Waals surface area (Å²) < 4.78 is 4.51. The second-order valence-corrected chi connectivity index (χ2v) is 3.88. The highest BCUT2D eigenvalue weighted by Crippen LogP contribution is 2.32. The number of aryl methyl sites for hydroxylation is 1. The molecule has 1 heterocycles. The largest absolute Gasteiger partial charge is 0.465 e. The summed E-state index contributed by atoms with van der Waals surface area (Å²) in [5.41, 5.74) is 0.354. The summed E-state index contributed by atoms with van der Waals surface area (Å²) in [6, 6.07) is 1.93. The van der Waals surface area contributed by atoms with Gasteiger partial charge in [-0.1, -0.05) is 11.6 Å². The minimum absolute atomic E-state index is 0.192. The molecule has 0 amide bonds. The molecular formula is C8H6ClNO2S. The van der Waals surface area contributed by atoms with Gasteiger partial charge in [0.1, 0.15) is 10.9 Å². The van der Waals surface area contributed by atoms with Gasteiger partial charge in [-0.05, 0) is 6.92 Å². The Morgan fingerprint density at radius 1 is 1.69 bits per heavy atom. The molecule has 13 heavy (non-hydrogen) atoms. The Balaban J connectivity index is 3.28. The molecule has 0 bridgehead atoms. The second kappa shape index (κ2) is 3.77. The predicted octanol–water partition coefficient (Wildman–Crippen LogP) is 2.37. The van der Waals surface area contributed by atoms with Crippen molar-refractivity contribution in [1.29, 1.82) is 5.26 Å². The Hall–Kier alpha value is -1.05. The average molecular weight is 216 g/mol. The van der Waals surface area contributed by atoms with E-state index in [-0.39, 0.29) is 5.02 Å². The molecule has 0 saturated carbocycles. The van der Waals surface area contributed by atoms with E-state index < -0.39 is 5.97 Å². The fraction of sp³-hybridized carbons (Fsp3) is 0.250. The summed E-state index contributed by atoms with van der Waals surface area (Å²) in [7, 11) is 1.28. The molecule has 0 aliphatic rings. The lowest BCUT2D eigenvalue weighted by Gasteiger charge is -1.93. The number of carbonyl (C=O) groups is 1. The Bertz CT molecular complexity index is 392. The first kappa shape index (κ1) is 10.0. The van der Waals surface area contributed by atoms with Crippen molar-refractivity contribution in [2.24, 2.45) is 0 Å². The van der Waals surface area contributed by atoms with Crippen molar-refractivity contribution >= 4 is 28.9 Å². The van der Waals surface area contributed by atoms with Crippen LogP contribution in [0.4, 0.5) is 0 Å². The maximum absolute atomic E-state index is 11.1. The van der Waals surface area contributed by atoms with Gasteiger partial charge in [-0.15, -0.1) is 11.3 Å². The number of methoxy groups -OCH3 is 1. The van der Waals surface area contributed by atoms with Gasteiger partial charge in [-0.25, -0.2) is 4.79 Å². The van der Waals surface area contributed by atoms with Gasteiger partial charge < -0.3 is 4.74 Å². The quantitative estimate of drug-likeness (QED) is 0.676. The standard InChI is InChI=1S/C8H6ClNO2S/c1-4-5(3-10)6(9)7(13-4)8(11)12-2/h1-2H3. The van der Waals surface area contributed by atoms with Gasteiger partial charge in [0, 0.05) is 4.88 Å². The van der Waals surface area contributed by atoms with Crippen LogP contribution < -0.4 is 0 Å². The van der Waals surface area contributed by atoms with Gasteiger partial charge in [0.2, 0.25) is 0 Å². The van der Waals surface area contributed by atoms with Crippen LogP contribution in [0.15, 0.2) is 0 Å². The van der Waals surface area contributed by atoms with Gasteiger partial charge in [0.15, 0.2) is 0 Å². The maximum Gasteiger partial charge on any atom is 0.349 e. The van der Waals surface area contributed by atoms with E-state index in [4.69, 9.17) is 16.9 Å². The van der Waals surface area contributed by atoms with Gasteiger partial charge in [-0.2, -0.15) is 5.26 Å². The molecule has 3 nitrogen and oxygen atoms in total. The van der Waals surface area contributed by atoms with Crippen LogP contribution in [-0.2, 0) is 4.74 Å². The molecule has 0 aromatic carbocycles. The van der Waals surface area contributed by atoms with E-state index in [0.717, 1.165) is 4.88 Å². The van der Waals surface area contributed by atoms with Crippen LogP contribution in [0.1, 0.15) is 20.1 Å². The first-order valence-electron chi connectivity index (χ1n) is 3.39. The molecule has 5 heteroatoms. The van der Waals surface area contributed by atoms with E-state index in [0.29, 0.717) is 10.4 Å². The van der Waals surface area contributed by atoms with Crippen molar-refractivity contribution in [2.75, 3.05) is 7.11 Å². The van der Waals surface area contributed by atoms with E-state index in [1.165, 1.54) is 18.4 Å². The number of nitriles is 1. The summed E-state index contributed by atoms with van der Waals surface area (Å²) in [5.74, 6) is -0.500. The van der Waals surface area contributed by atoms with Crippen molar-refractivity contribution in [3.05, 3.63) is 20.3 Å². The lowest BCUT2D eigenvalue weighted by molar-refractivity contribution is 0.0606. The number of rotatable bonds is 1. The zero-order valence-electron chi connectivity index (χ0n) is 7.05. The molecule has 0 spiro atoms. The molecule has 1 aromatic rings. The molecule has 0 atom stereocenters. The number of ether oxygens (including phenoxy) is 1. The third-order valence-corrected chi connectivity index (χ3v) is 3.08. The fourth-order valence-electron chi connectivity index (χ4n) is 0.869. The first-order valence-corrected chi connectivity index (χ1v) is 4.58. The van der Waals surface area contributed by atoms with Gasteiger partial charge in [0.25, 0.3) is 0 Å². The van der Waals surface area contributed by atoms with Crippen LogP contribution in [0, 0.1) is 18.3 Å². The molecule has 0 saturated heterocycles. The number of thiophene rings is 1. The van der Waals surface area contributed by atoms with E-state index in [2.05, 4.69) is 4.74 Å². The SMILES string of the molecule is COC(=O)c1sc(C)c(C#N)c1Cl. The second-order valence-electron chi connectivity index (χ2n) is 2.28. The molecule has 1 aromatic heterocycles. The third-order valence-electron chi connectivity index (χ3n) is 1.51. The number of halogens is 1. The molecule has 0 unspecified atom stereocenters. The lowest BCUT2D eigenvalue weighted by Crippen LogP contribution is -1.98. The van der Waals surface area contributed by atoms with Crippen molar-refractivity contribution < 1.29 is 9.53 Å². The highest BCUT2D eigenvalue weighted by Gasteiger charge is 2.19. The van der Waals surface area contributed by atoms with Gasteiger partial charge in [0.05, 0.1) is 17.7 Å². The summed E-state index contributed by atoms with van der Waals surface area (Å²) >= 11 is 6.96. The zero-order valence-corrected chi connectivity index (χ0v) is 8.62. The van der Waals surface area contributed by atoms with Gasteiger partial charge >= 0.3 is 5.97 Å². The van der Waals surface area contributed by atoms with Crippen molar-refractivity contribution in [3.63, 3.8) is 0 Å². The molecule has 0 radical (unpaired) electrons. The van der Waals surface area contributed by atoms with Crippen molar-refractivity contribution in [2.45, 2.75) is 6.92 Å². The van der Waals surface area contributed by atoms with Gasteiger partial charge in [-0.3, -0.25) is 0 Å². The highest BCUT2D eigenvalue weighted by molar-refractivity contribution is 7.14. The maximum atomic E-state index is 11.1. The summed E-state index contributed by atoms with van der Waals surface area (Å²) in [6.07, 6.45) is 0. The summed E-state index contributed by atoms with van der Waals surface area (Å²) in [6.45, 7) is 1.74.